The minimum absolute atomic E-state index is 0.0347. The van der Waals surface area contributed by atoms with Crippen molar-refractivity contribution in [2.45, 2.75) is 6.92 Å². The highest BCUT2D eigenvalue weighted by molar-refractivity contribution is 5.65. The molecule has 0 aromatic heterocycles. The minimum atomic E-state index is -0.389. The number of hydrogen-bond acceptors (Lipinski definition) is 3. The predicted molar refractivity (Wildman–Crippen MR) is 63.1 cm³/mol. The largest absolute Gasteiger partial charge is 0.486 e. The van der Waals surface area contributed by atoms with E-state index >= 15 is 0 Å². The van der Waals surface area contributed by atoms with Gasteiger partial charge < -0.3 is 14.2 Å². The van der Waals surface area contributed by atoms with Crippen LogP contribution < -0.4 is 4.74 Å². The lowest BCUT2D eigenvalue weighted by molar-refractivity contribution is 0.0504. The summed E-state index contributed by atoms with van der Waals surface area (Å²) in [6.45, 7) is 5.88. The van der Waals surface area contributed by atoms with E-state index in [4.69, 9.17) is 14.2 Å². The lowest BCUT2D eigenvalue weighted by atomic mass is 10.1. The first-order valence-corrected chi connectivity index (χ1v) is 5.17. The maximum atomic E-state index is 13.1. The van der Waals surface area contributed by atoms with E-state index in [1.807, 2.05) is 6.92 Å². The van der Waals surface area contributed by atoms with Gasteiger partial charge in [0, 0.05) is 13.2 Å². The number of benzene rings is 1. The fourth-order valence-corrected chi connectivity index (χ4v) is 1.29. The molecule has 92 valence electrons. The highest BCUT2D eigenvalue weighted by atomic mass is 19.1. The molecular formula is C13H15FO3. The van der Waals surface area contributed by atoms with Gasteiger partial charge in [-0.1, -0.05) is 12.3 Å². The van der Waals surface area contributed by atoms with Crippen molar-refractivity contribution in [2.24, 2.45) is 0 Å². The van der Waals surface area contributed by atoms with E-state index in [0.29, 0.717) is 23.7 Å². The summed E-state index contributed by atoms with van der Waals surface area (Å²) < 4.78 is 28.5. The highest BCUT2D eigenvalue weighted by Gasteiger charge is 2.11. The first-order valence-electron chi connectivity index (χ1n) is 5.17. The lowest BCUT2D eigenvalue weighted by Gasteiger charge is -2.12. The molecule has 0 fully saturated rings. The zero-order valence-corrected chi connectivity index (χ0v) is 9.96. The molecule has 17 heavy (non-hydrogen) atoms. The summed E-state index contributed by atoms with van der Waals surface area (Å²) in [5.41, 5.74) is 3.25. The van der Waals surface area contributed by atoms with Gasteiger partial charge in [0.1, 0.15) is 11.6 Å². The summed E-state index contributed by atoms with van der Waals surface area (Å²) >= 11 is 0. The van der Waals surface area contributed by atoms with Crippen LogP contribution in [0.5, 0.6) is 5.75 Å². The smallest absolute Gasteiger partial charge is 0.188 e. The summed E-state index contributed by atoms with van der Waals surface area (Å²) in [6, 6.07) is 4.15. The van der Waals surface area contributed by atoms with E-state index < -0.39 is 0 Å². The summed E-state index contributed by atoms with van der Waals surface area (Å²) in [5.74, 6) is 0.379. The molecule has 0 atom stereocenters. The van der Waals surface area contributed by atoms with E-state index in [0.717, 1.165) is 0 Å². The molecule has 0 N–H and O–H groups in total. The summed E-state index contributed by atoms with van der Waals surface area (Å²) in [4.78, 5) is 0. The highest BCUT2D eigenvalue weighted by Crippen LogP contribution is 2.27. The Labute approximate surface area is 100 Å². The van der Waals surface area contributed by atoms with Crippen LogP contribution >= 0.6 is 0 Å². The predicted octanol–water partition coefficient (Wildman–Crippen LogP) is 2.97. The average Bonchev–Trinajstić information content (AvgIpc) is 2.34. The molecule has 0 bridgehead atoms. The Kier molecular flexibility index (Phi) is 5.27. The van der Waals surface area contributed by atoms with Crippen molar-refractivity contribution in [3.8, 4) is 5.75 Å². The fourth-order valence-electron chi connectivity index (χ4n) is 1.29. The minimum Gasteiger partial charge on any atom is -0.486 e. The quantitative estimate of drug-likeness (QED) is 0.433. The first kappa shape index (κ1) is 13.3. The first-order chi connectivity index (χ1) is 8.22. The number of hydrogen-bond donors (Lipinski definition) is 0. The topological polar surface area (TPSA) is 27.7 Å². The van der Waals surface area contributed by atoms with Crippen molar-refractivity contribution in [3.63, 3.8) is 0 Å². The van der Waals surface area contributed by atoms with Crippen molar-refractivity contribution in [1.82, 2.24) is 0 Å². The Morgan fingerprint density at radius 3 is 2.82 bits per heavy atom. The van der Waals surface area contributed by atoms with Gasteiger partial charge in [0.25, 0.3) is 0 Å². The SMILES string of the molecule is C=C=C(OCC)c1ccc(F)cc1OCOC. The molecule has 0 aliphatic heterocycles. The molecule has 0 saturated heterocycles. The Morgan fingerprint density at radius 1 is 1.47 bits per heavy atom. The van der Waals surface area contributed by atoms with Gasteiger partial charge >= 0.3 is 0 Å². The molecule has 1 aromatic carbocycles. The molecule has 0 amide bonds. The van der Waals surface area contributed by atoms with Crippen LogP contribution in [-0.2, 0) is 9.47 Å². The number of ether oxygens (including phenoxy) is 3. The van der Waals surface area contributed by atoms with E-state index in [1.54, 1.807) is 6.07 Å². The van der Waals surface area contributed by atoms with Gasteiger partial charge in [0.2, 0.25) is 0 Å². The van der Waals surface area contributed by atoms with Crippen LogP contribution in [0.15, 0.2) is 30.5 Å². The van der Waals surface area contributed by atoms with Gasteiger partial charge in [-0.05, 0) is 19.1 Å². The fraction of sp³-hybridized carbons (Fsp3) is 0.308. The zero-order chi connectivity index (χ0) is 12.7. The number of methoxy groups -OCH3 is 1. The summed E-state index contributed by atoms with van der Waals surface area (Å²) in [6.07, 6.45) is 0. The zero-order valence-electron chi connectivity index (χ0n) is 9.96. The molecule has 0 unspecified atom stereocenters. The third-order valence-electron chi connectivity index (χ3n) is 1.97. The second-order valence-electron chi connectivity index (χ2n) is 3.13. The van der Waals surface area contributed by atoms with E-state index in [1.165, 1.54) is 19.2 Å². The molecule has 0 heterocycles. The molecule has 0 aliphatic carbocycles. The van der Waals surface area contributed by atoms with Gasteiger partial charge in [-0.15, -0.1) is 0 Å². The van der Waals surface area contributed by atoms with Crippen LogP contribution in [0.25, 0.3) is 5.76 Å². The van der Waals surface area contributed by atoms with Crippen molar-refractivity contribution >= 4 is 5.76 Å². The van der Waals surface area contributed by atoms with Gasteiger partial charge in [-0.2, -0.15) is 0 Å². The average molecular weight is 238 g/mol. The van der Waals surface area contributed by atoms with Crippen LogP contribution in [0.3, 0.4) is 0 Å². The maximum absolute atomic E-state index is 13.1. The Balaban J connectivity index is 3.08. The molecule has 4 heteroatoms. The van der Waals surface area contributed by atoms with Crippen LogP contribution in [0, 0.1) is 5.82 Å². The number of rotatable bonds is 6. The van der Waals surface area contributed by atoms with Crippen LogP contribution in [-0.4, -0.2) is 20.5 Å². The van der Waals surface area contributed by atoms with Crippen LogP contribution in [0.4, 0.5) is 4.39 Å². The molecule has 0 aliphatic rings. The normalized spacial score (nSPS) is 9.59. The van der Waals surface area contributed by atoms with Gasteiger partial charge in [-0.3, -0.25) is 0 Å². The van der Waals surface area contributed by atoms with Crippen molar-refractivity contribution in [2.75, 3.05) is 20.5 Å². The van der Waals surface area contributed by atoms with Crippen molar-refractivity contribution in [3.05, 3.63) is 41.9 Å². The third-order valence-corrected chi connectivity index (χ3v) is 1.97. The van der Waals surface area contributed by atoms with Crippen LogP contribution in [0.2, 0.25) is 0 Å². The van der Waals surface area contributed by atoms with Crippen LogP contribution in [0.1, 0.15) is 12.5 Å². The van der Waals surface area contributed by atoms with E-state index in [-0.39, 0.29) is 12.6 Å². The molecule has 0 saturated carbocycles. The second-order valence-corrected chi connectivity index (χ2v) is 3.13. The summed E-state index contributed by atoms with van der Waals surface area (Å²) in [5, 5.41) is 0. The van der Waals surface area contributed by atoms with Gasteiger partial charge in [-0.25, -0.2) is 4.39 Å². The van der Waals surface area contributed by atoms with Crippen molar-refractivity contribution in [1.29, 1.82) is 0 Å². The van der Waals surface area contributed by atoms with E-state index in [9.17, 15) is 4.39 Å². The third kappa shape index (κ3) is 3.63. The Morgan fingerprint density at radius 2 is 2.24 bits per heavy atom. The maximum Gasteiger partial charge on any atom is 0.188 e. The molecular weight excluding hydrogens is 223 g/mol. The molecule has 3 nitrogen and oxygen atoms in total. The Hall–Kier alpha value is -1.77. The summed E-state index contributed by atoms with van der Waals surface area (Å²) in [7, 11) is 1.49. The number of halogens is 1. The lowest BCUT2D eigenvalue weighted by Crippen LogP contribution is -2.03. The molecule has 0 spiro atoms. The molecule has 1 aromatic rings. The Bertz CT molecular complexity index is 423. The van der Waals surface area contributed by atoms with Gasteiger partial charge in [0.05, 0.1) is 12.2 Å². The second kappa shape index (κ2) is 6.74. The standard InChI is InChI=1S/C13H15FO3/c1-4-12(16-5-2)11-7-6-10(14)8-13(11)17-9-15-3/h6-8H,1,5,9H2,2-3H3. The molecule has 0 radical (unpaired) electrons. The van der Waals surface area contributed by atoms with Crippen molar-refractivity contribution < 1.29 is 18.6 Å². The monoisotopic (exact) mass is 238 g/mol. The van der Waals surface area contributed by atoms with E-state index in [2.05, 4.69) is 12.3 Å². The molecule has 1 rings (SSSR count). The van der Waals surface area contributed by atoms with Gasteiger partial charge in [0.15, 0.2) is 12.6 Å².